The van der Waals surface area contributed by atoms with Crippen LogP contribution in [0, 0.1) is 0 Å². The topological polar surface area (TPSA) is 82.8 Å². The molecule has 2 aromatic rings. The summed E-state index contributed by atoms with van der Waals surface area (Å²) in [7, 11) is 0. The minimum atomic E-state index is -0.819. The molecule has 0 aliphatic heterocycles. The van der Waals surface area contributed by atoms with Crippen LogP contribution in [-0.2, 0) is 10.5 Å². The van der Waals surface area contributed by atoms with Crippen molar-refractivity contribution in [2.24, 2.45) is 0 Å². The van der Waals surface area contributed by atoms with E-state index in [1.54, 1.807) is 18.0 Å². The van der Waals surface area contributed by atoms with Crippen molar-refractivity contribution in [2.45, 2.75) is 42.5 Å². The third-order valence-corrected chi connectivity index (χ3v) is 5.86. The van der Waals surface area contributed by atoms with E-state index in [2.05, 4.69) is 5.32 Å². The summed E-state index contributed by atoms with van der Waals surface area (Å²) in [5.41, 5.74) is 0.873. The number of rotatable bonds is 9. The summed E-state index contributed by atoms with van der Waals surface area (Å²) < 4.78 is 5.42. The Kier molecular flexibility index (Phi) is 6.58. The first-order valence-corrected chi connectivity index (χ1v) is 10.1. The predicted molar refractivity (Wildman–Crippen MR) is 104 cm³/mol. The number of carbonyl (C=O) groups is 2. The molecule has 1 aliphatic carbocycles. The Labute approximate surface area is 162 Å². The molecule has 0 radical (unpaired) electrons. The molecule has 1 fully saturated rings. The summed E-state index contributed by atoms with van der Waals surface area (Å²) >= 11 is 1.66. The van der Waals surface area contributed by atoms with Crippen molar-refractivity contribution in [2.75, 3.05) is 13.1 Å². The van der Waals surface area contributed by atoms with Gasteiger partial charge in [0.15, 0.2) is 5.76 Å². The van der Waals surface area contributed by atoms with Gasteiger partial charge in [-0.25, -0.2) is 0 Å². The number of thioether (sulfide) groups is 1. The molecular formula is C20H24N2O4S. The lowest BCUT2D eigenvalue weighted by atomic mass is 9.85. The summed E-state index contributed by atoms with van der Waals surface area (Å²) in [5.74, 6) is 0.00679. The molecule has 6 nitrogen and oxygen atoms in total. The number of furan rings is 1. The number of aliphatic carboxylic acids is 1. The summed E-state index contributed by atoms with van der Waals surface area (Å²) in [6, 6.07) is 12.1. The fraction of sp³-hybridized carbons (Fsp3) is 0.400. The number of hydrogen-bond donors (Lipinski definition) is 2. The molecule has 0 unspecified atom stereocenters. The molecule has 1 aromatic heterocycles. The molecule has 1 aromatic carbocycles. The number of nitrogens with one attached hydrogen (secondary N) is 1. The van der Waals surface area contributed by atoms with E-state index < -0.39 is 5.97 Å². The number of benzene rings is 1. The minimum absolute atomic E-state index is 0.0425. The van der Waals surface area contributed by atoms with E-state index in [1.807, 2.05) is 48.2 Å². The van der Waals surface area contributed by atoms with Gasteiger partial charge in [0.2, 0.25) is 0 Å². The van der Waals surface area contributed by atoms with Crippen molar-refractivity contribution in [3.8, 4) is 0 Å². The van der Waals surface area contributed by atoms with Gasteiger partial charge in [0.05, 0.1) is 12.8 Å². The second-order valence-electron chi connectivity index (χ2n) is 6.63. The van der Waals surface area contributed by atoms with Crippen LogP contribution in [0.15, 0.2) is 52.0 Å². The van der Waals surface area contributed by atoms with Crippen LogP contribution in [0.5, 0.6) is 0 Å². The van der Waals surface area contributed by atoms with Crippen LogP contribution in [0.2, 0.25) is 0 Å². The lowest BCUT2D eigenvalue weighted by molar-refractivity contribution is -0.139. The standard InChI is InChI=1S/C20H24N2O4S/c1-2-22(12-18(23)24)16-10-15(11-16)21-20(25)19-14(8-9-26-19)13-27-17-6-4-3-5-7-17/h3-9,15-16H,2,10-13H2,1H3,(H,21,25)(H,23,24). The van der Waals surface area contributed by atoms with Gasteiger partial charge in [0.1, 0.15) is 0 Å². The Hall–Kier alpha value is -2.25. The third-order valence-electron chi connectivity index (χ3n) is 4.80. The van der Waals surface area contributed by atoms with Gasteiger partial charge in [-0.2, -0.15) is 0 Å². The molecule has 1 amide bonds. The van der Waals surface area contributed by atoms with Crippen LogP contribution in [0.4, 0.5) is 0 Å². The number of carboxylic acid groups (broad SMARTS) is 1. The Morgan fingerprint density at radius 3 is 2.67 bits per heavy atom. The molecule has 0 saturated heterocycles. The van der Waals surface area contributed by atoms with Gasteiger partial charge in [0, 0.05) is 28.3 Å². The van der Waals surface area contributed by atoms with E-state index in [0.717, 1.165) is 23.3 Å². The zero-order valence-corrected chi connectivity index (χ0v) is 16.1. The van der Waals surface area contributed by atoms with Crippen molar-refractivity contribution >= 4 is 23.6 Å². The maximum atomic E-state index is 12.5. The first kappa shape index (κ1) is 19.5. The molecular weight excluding hydrogens is 364 g/mol. The first-order valence-electron chi connectivity index (χ1n) is 9.07. The predicted octanol–water partition coefficient (Wildman–Crippen LogP) is 3.24. The molecule has 1 saturated carbocycles. The van der Waals surface area contributed by atoms with Gasteiger partial charge in [-0.05, 0) is 37.6 Å². The molecule has 0 spiro atoms. The van der Waals surface area contributed by atoms with Gasteiger partial charge in [-0.1, -0.05) is 25.1 Å². The molecule has 1 aliphatic rings. The Bertz CT molecular complexity index is 771. The second-order valence-corrected chi connectivity index (χ2v) is 7.68. The van der Waals surface area contributed by atoms with Crippen LogP contribution < -0.4 is 5.32 Å². The monoisotopic (exact) mass is 388 g/mol. The Morgan fingerprint density at radius 1 is 1.26 bits per heavy atom. The summed E-state index contributed by atoms with van der Waals surface area (Å²) in [4.78, 5) is 26.5. The average molecular weight is 388 g/mol. The van der Waals surface area contributed by atoms with Crippen molar-refractivity contribution in [3.05, 3.63) is 54.0 Å². The van der Waals surface area contributed by atoms with Crippen molar-refractivity contribution < 1.29 is 19.1 Å². The average Bonchev–Trinajstić information content (AvgIpc) is 3.10. The highest BCUT2D eigenvalue weighted by molar-refractivity contribution is 7.98. The number of likely N-dealkylation sites (N-methyl/N-ethyl adjacent to an activating group) is 1. The van der Waals surface area contributed by atoms with Crippen LogP contribution in [-0.4, -0.2) is 47.1 Å². The van der Waals surface area contributed by atoms with E-state index in [1.165, 1.54) is 0 Å². The van der Waals surface area contributed by atoms with Gasteiger partial charge in [0.25, 0.3) is 5.91 Å². The van der Waals surface area contributed by atoms with Gasteiger partial charge >= 0.3 is 5.97 Å². The zero-order chi connectivity index (χ0) is 19.2. The van der Waals surface area contributed by atoms with E-state index in [9.17, 15) is 9.59 Å². The van der Waals surface area contributed by atoms with Crippen LogP contribution in [0.25, 0.3) is 0 Å². The smallest absolute Gasteiger partial charge is 0.317 e. The first-order chi connectivity index (χ1) is 13.1. The molecule has 2 N–H and O–H groups in total. The van der Waals surface area contributed by atoms with E-state index in [4.69, 9.17) is 9.52 Å². The van der Waals surface area contributed by atoms with Crippen LogP contribution in [0.3, 0.4) is 0 Å². The Morgan fingerprint density at radius 2 is 2.00 bits per heavy atom. The van der Waals surface area contributed by atoms with Crippen LogP contribution >= 0.6 is 11.8 Å². The van der Waals surface area contributed by atoms with E-state index in [0.29, 0.717) is 18.1 Å². The normalized spacial score (nSPS) is 18.9. The molecule has 1 heterocycles. The van der Waals surface area contributed by atoms with Gasteiger partial charge in [-0.3, -0.25) is 14.5 Å². The number of amides is 1. The fourth-order valence-electron chi connectivity index (χ4n) is 3.25. The molecule has 0 atom stereocenters. The maximum Gasteiger partial charge on any atom is 0.317 e. The summed E-state index contributed by atoms with van der Waals surface area (Å²) in [6.45, 7) is 2.69. The van der Waals surface area contributed by atoms with Gasteiger partial charge in [-0.15, -0.1) is 11.8 Å². The SMILES string of the molecule is CCN(CC(=O)O)C1CC(NC(=O)c2occc2CSc2ccccc2)C1. The highest BCUT2D eigenvalue weighted by Gasteiger charge is 2.35. The quantitative estimate of drug-likeness (QED) is 0.642. The zero-order valence-electron chi connectivity index (χ0n) is 15.3. The largest absolute Gasteiger partial charge is 0.480 e. The maximum absolute atomic E-state index is 12.5. The highest BCUT2D eigenvalue weighted by atomic mass is 32.2. The number of carboxylic acids is 1. The van der Waals surface area contributed by atoms with Crippen molar-refractivity contribution in [1.82, 2.24) is 10.2 Å². The minimum Gasteiger partial charge on any atom is -0.480 e. The third kappa shape index (κ3) is 5.14. The molecule has 7 heteroatoms. The molecule has 3 rings (SSSR count). The van der Waals surface area contributed by atoms with Crippen LogP contribution in [0.1, 0.15) is 35.9 Å². The van der Waals surface area contributed by atoms with Gasteiger partial charge < -0.3 is 14.8 Å². The Balaban J connectivity index is 1.50. The number of hydrogen-bond acceptors (Lipinski definition) is 5. The lowest BCUT2D eigenvalue weighted by Gasteiger charge is -2.42. The number of carbonyl (C=O) groups excluding carboxylic acids is 1. The number of nitrogens with zero attached hydrogens (tertiary/aromatic N) is 1. The summed E-state index contributed by atoms with van der Waals surface area (Å²) in [6.07, 6.45) is 3.08. The highest BCUT2D eigenvalue weighted by Crippen LogP contribution is 2.28. The molecule has 0 bridgehead atoms. The van der Waals surface area contributed by atoms with E-state index >= 15 is 0 Å². The molecule has 27 heavy (non-hydrogen) atoms. The van der Waals surface area contributed by atoms with Crippen molar-refractivity contribution in [3.63, 3.8) is 0 Å². The molecule has 144 valence electrons. The lowest BCUT2D eigenvalue weighted by Crippen LogP contribution is -2.54. The summed E-state index contributed by atoms with van der Waals surface area (Å²) in [5, 5.41) is 12.0. The second kappa shape index (κ2) is 9.10. The van der Waals surface area contributed by atoms with E-state index in [-0.39, 0.29) is 24.5 Å². The van der Waals surface area contributed by atoms with Crippen molar-refractivity contribution in [1.29, 1.82) is 0 Å². The fourth-order valence-corrected chi connectivity index (χ4v) is 4.15.